The number of ether oxygens (including phenoxy) is 1. The van der Waals surface area contributed by atoms with Crippen molar-refractivity contribution in [2.75, 3.05) is 19.7 Å². The van der Waals surface area contributed by atoms with E-state index in [0.29, 0.717) is 6.61 Å². The number of furan rings is 1. The highest BCUT2D eigenvalue weighted by Gasteiger charge is 2.24. The minimum atomic E-state index is 0.00950. The summed E-state index contributed by atoms with van der Waals surface area (Å²) in [6, 6.07) is 16.2. The Hall–Kier alpha value is -2.37. The maximum atomic E-state index is 5.80. The number of benzene rings is 1. The lowest BCUT2D eigenvalue weighted by Crippen LogP contribution is -2.37. The van der Waals surface area contributed by atoms with Crippen LogP contribution in [0.1, 0.15) is 17.6 Å². The predicted octanol–water partition coefficient (Wildman–Crippen LogP) is 3.24. The number of hydrogen-bond donors (Lipinski definition) is 1. The van der Waals surface area contributed by atoms with Gasteiger partial charge in [-0.25, -0.2) is 0 Å². The number of aromatic nitrogens is 2. The van der Waals surface area contributed by atoms with Gasteiger partial charge in [0.2, 0.25) is 0 Å². The van der Waals surface area contributed by atoms with Crippen molar-refractivity contribution in [1.29, 1.82) is 0 Å². The molecule has 1 fully saturated rings. The van der Waals surface area contributed by atoms with Crippen LogP contribution in [0.2, 0.25) is 0 Å². The average molecular weight is 309 g/mol. The molecule has 0 aliphatic carbocycles. The highest BCUT2D eigenvalue weighted by atomic mass is 16.5. The maximum absolute atomic E-state index is 5.80. The topological polar surface area (TPSA) is 54.3 Å². The molecule has 5 nitrogen and oxygen atoms in total. The first kappa shape index (κ1) is 14.2. The summed E-state index contributed by atoms with van der Waals surface area (Å²) in [6.07, 6.45) is 1.70. The SMILES string of the molecule is c1ccc(-c2cc(CN3CCO[C@@H](c4ccco4)C3)[nH]n2)cc1. The van der Waals surface area contributed by atoms with Crippen molar-refractivity contribution in [1.82, 2.24) is 15.1 Å². The van der Waals surface area contributed by atoms with Crippen LogP contribution in [0, 0.1) is 0 Å². The van der Waals surface area contributed by atoms with Crippen LogP contribution >= 0.6 is 0 Å². The Morgan fingerprint density at radius 1 is 1.17 bits per heavy atom. The van der Waals surface area contributed by atoms with Gasteiger partial charge in [0.25, 0.3) is 0 Å². The van der Waals surface area contributed by atoms with E-state index in [1.165, 1.54) is 0 Å². The summed E-state index contributed by atoms with van der Waals surface area (Å²) in [7, 11) is 0. The molecule has 118 valence electrons. The van der Waals surface area contributed by atoms with Gasteiger partial charge in [-0.3, -0.25) is 10.00 Å². The summed E-state index contributed by atoms with van der Waals surface area (Å²) < 4.78 is 11.3. The van der Waals surface area contributed by atoms with Gasteiger partial charge in [-0.2, -0.15) is 5.10 Å². The molecule has 5 heteroatoms. The van der Waals surface area contributed by atoms with Crippen molar-refractivity contribution >= 4 is 0 Å². The number of rotatable bonds is 4. The van der Waals surface area contributed by atoms with Crippen LogP contribution in [0.5, 0.6) is 0 Å². The Labute approximate surface area is 134 Å². The third-order valence-corrected chi connectivity index (χ3v) is 4.11. The van der Waals surface area contributed by atoms with E-state index < -0.39 is 0 Å². The second-order valence-corrected chi connectivity index (χ2v) is 5.75. The second kappa shape index (κ2) is 6.40. The van der Waals surface area contributed by atoms with Gasteiger partial charge >= 0.3 is 0 Å². The smallest absolute Gasteiger partial charge is 0.133 e. The molecule has 0 spiro atoms. The van der Waals surface area contributed by atoms with Crippen molar-refractivity contribution in [3.63, 3.8) is 0 Å². The summed E-state index contributed by atoms with van der Waals surface area (Å²) in [5, 5.41) is 7.56. The van der Waals surface area contributed by atoms with Crippen molar-refractivity contribution < 1.29 is 9.15 Å². The molecule has 1 atom stereocenters. The van der Waals surface area contributed by atoms with Crippen LogP contribution in [0.4, 0.5) is 0 Å². The molecule has 0 amide bonds. The molecule has 1 N–H and O–H groups in total. The van der Waals surface area contributed by atoms with Gasteiger partial charge in [0, 0.05) is 30.9 Å². The second-order valence-electron chi connectivity index (χ2n) is 5.75. The molecule has 0 unspecified atom stereocenters. The minimum Gasteiger partial charge on any atom is -0.467 e. The number of nitrogens with one attached hydrogen (secondary N) is 1. The summed E-state index contributed by atoms with van der Waals surface area (Å²) >= 11 is 0. The van der Waals surface area contributed by atoms with Gasteiger partial charge < -0.3 is 9.15 Å². The molecule has 0 bridgehead atoms. The molecule has 1 aromatic carbocycles. The third-order valence-electron chi connectivity index (χ3n) is 4.11. The summed E-state index contributed by atoms with van der Waals surface area (Å²) in [5.41, 5.74) is 3.23. The van der Waals surface area contributed by atoms with Crippen molar-refractivity contribution in [3.05, 3.63) is 66.2 Å². The van der Waals surface area contributed by atoms with Crippen LogP contribution in [0.3, 0.4) is 0 Å². The van der Waals surface area contributed by atoms with Crippen LogP contribution in [0.15, 0.2) is 59.2 Å². The number of morpholine rings is 1. The number of aromatic amines is 1. The fraction of sp³-hybridized carbons (Fsp3) is 0.278. The van der Waals surface area contributed by atoms with E-state index in [2.05, 4.69) is 33.3 Å². The highest BCUT2D eigenvalue weighted by Crippen LogP contribution is 2.24. The molecular formula is C18H19N3O2. The molecule has 3 heterocycles. The minimum absolute atomic E-state index is 0.00950. The van der Waals surface area contributed by atoms with Crippen molar-refractivity contribution in [3.8, 4) is 11.3 Å². The lowest BCUT2D eigenvalue weighted by Gasteiger charge is -2.31. The maximum Gasteiger partial charge on any atom is 0.133 e. The third kappa shape index (κ3) is 3.21. The van der Waals surface area contributed by atoms with E-state index in [9.17, 15) is 0 Å². The summed E-state index contributed by atoms with van der Waals surface area (Å²) in [4.78, 5) is 2.36. The largest absolute Gasteiger partial charge is 0.467 e. The standard InChI is InChI=1S/C18H19N3O2/c1-2-5-14(6-3-1)16-11-15(19-20-16)12-21-8-10-23-18(13-21)17-7-4-9-22-17/h1-7,9,11,18H,8,10,12-13H2,(H,19,20)/t18-/m1/s1. The number of H-pyrrole nitrogens is 1. The Bertz CT molecular complexity index is 737. The first-order valence-corrected chi connectivity index (χ1v) is 7.85. The molecule has 3 aromatic rings. The molecule has 23 heavy (non-hydrogen) atoms. The zero-order valence-electron chi connectivity index (χ0n) is 12.8. The van der Waals surface area contributed by atoms with Crippen molar-refractivity contribution in [2.24, 2.45) is 0 Å². The van der Waals surface area contributed by atoms with Gasteiger partial charge in [-0.05, 0) is 18.2 Å². The number of nitrogens with zero attached hydrogens (tertiary/aromatic N) is 2. The molecule has 1 saturated heterocycles. The van der Waals surface area contributed by atoms with E-state index in [4.69, 9.17) is 9.15 Å². The molecule has 1 aliphatic rings. The summed E-state index contributed by atoms with van der Waals surface area (Å²) in [6.45, 7) is 3.29. The molecule has 0 saturated carbocycles. The Morgan fingerprint density at radius 2 is 2.09 bits per heavy atom. The molecule has 1 aliphatic heterocycles. The quantitative estimate of drug-likeness (QED) is 0.804. The van der Waals surface area contributed by atoms with E-state index in [1.807, 2.05) is 30.3 Å². The van der Waals surface area contributed by atoms with E-state index >= 15 is 0 Å². The van der Waals surface area contributed by atoms with Crippen LogP contribution < -0.4 is 0 Å². The Morgan fingerprint density at radius 3 is 2.91 bits per heavy atom. The van der Waals surface area contributed by atoms with Crippen LogP contribution in [-0.4, -0.2) is 34.8 Å². The zero-order valence-corrected chi connectivity index (χ0v) is 12.8. The van der Waals surface area contributed by atoms with E-state index in [0.717, 1.165) is 42.3 Å². The van der Waals surface area contributed by atoms with Crippen LogP contribution in [0.25, 0.3) is 11.3 Å². The fourth-order valence-electron chi connectivity index (χ4n) is 2.93. The molecular weight excluding hydrogens is 290 g/mol. The highest BCUT2D eigenvalue weighted by molar-refractivity contribution is 5.58. The van der Waals surface area contributed by atoms with Crippen LogP contribution in [-0.2, 0) is 11.3 Å². The molecule has 4 rings (SSSR count). The monoisotopic (exact) mass is 309 g/mol. The molecule has 2 aromatic heterocycles. The summed E-state index contributed by atoms with van der Waals surface area (Å²) in [5.74, 6) is 0.893. The zero-order chi connectivity index (χ0) is 15.5. The van der Waals surface area contributed by atoms with Gasteiger partial charge in [0.15, 0.2) is 0 Å². The lowest BCUT2D eigenvalue weighted by atomic mass is 10.1. The molecule has 0 radical (unpaired) electrons. The first-order valence-electron chi connectivity index (χ1n) is 7.85. The van der Waals surface area contributed by atoms with Crippen molar-refractivity contribution in [2.45, 2.75) is 12.6 Å². The van der Waals surface area contributed by atoms with Gasteiger partial charge in [-0.1, -0.05) is 30.3 Å². The van der Waals surface area contributed by atoms with E-state index in [-0.39, 0.29) is 6.10 Å². The van der Waals surface area contributed by atoms with Gasteiger partial charge in [0.1, 0.15) is 11.9 Å². The van der Waals surface area contributed by atoms with E-state index in [1.54, 1.807) is 6.26 Å². The average Bonchev–Trinajstić information content (AvgIpc) is 3.28. The number of hydrogen-bond acceptors (Lipinski definition) is 4. The first-order chi connectivity index (χ1) is 11.4. The Kier molecular flexibility index (Phi) is 3.96. The lowest BCUT2D eigenvalue weighted by molar-refractivity contribution is -0.0431. The van der Waals surface area contributed by atoms with Gasteiger partial charge in [0.05, 0.1) is 18.6 Å². The van der Waals surface area contributed by atoms with Gasteiger partial charge in [-0.15, -0.1) is 0 Å². The fourth-order valence-corrected chi connectivity index (χ4v) is 2.93. The Balaban J connectivity index is 1.43. The predicted molar refractivity (Wildman–Crippen MR) is 86.7 cm³/mol. The normalized spacial score (nSPS) is 19.0.